The van der Waals surface area contributed by atoms with E-state index in [0.717, 1.165) is 6.07 Å². The van der Waals surface area contributed by atoms with Gasteiger partial charge in [-0.1, -0.05) is 23.2 Å². The van der Waals surface area contributed by atoms with Crippen LogP contribution in [0.4, 0.5) is 13.2 Å². The fourth-order valence-corrected chi connectivity index (χ4v) is 2.90. The van der Waals surface area contributed by atoms with Gasteiger partial charge in [0.15, 0.2) is 0 Å². The Morgan fingerprint density at radius 2 is 1.86 bits per heavy atom. The lowest BCUT2D eigenvalue weighted by molar-refractivity contribution is -0.119. The molecule has 1 aliphatic rings. The number of aliphatic hydroxyl groups excluding tert-OH is 1. The predicted molar refractivity (Wildman–Crippen MR) is 82.9 cm³/mol. The summed E-state index contributed by atoms with van der Waals surface area (Å²) in [7, 11) is 0. The van der Waals surface area contributed by atoms with E-state index in [4.69, 9.17) is 28.3 Å². The van der Waals surface area contributed by atoms with E-state index in [1.165, 1.54) is 11.0 Å². The third-order valence-electron chi connectivity index (χ3n) is 3.48. The first kappa shape index (κ1) is 19.8. The fraction of sp³-hybridized carbons (Fsp3) is 0.538. The molecule has 1 atom stereocenters. The van der Waals surface area contributed by atoms with Crippen LogP contribution in [0.15, 0.2) is 12.1 Å². The summed E-state index contributed by atoms with van der Waals surface area (Å²) < 4.78 is 42.5. The summed E-state index contributed by atoms with van der Waals surface area (Å²) >= 11 is 11.8. The summed E-state index contributed by atoms with van der Waals surface area (Å²) in [6.07, 6.45) is 0. The molecular weight excluding hydrogens is 364 g/mol. The molecule has 1 aliphatic heterocycles. The quantitative estimate of drug-likeness (QED) is 0.789. The van der Waals surface area contributed by atoms with Crippen molar-refractivity contribution < 1.29 is 18.3 Å². The van der Waals surface area contributed by atoms with Gasteiger partial charge in [0, 0.05) is 31.7 Å². The first-order valence-corrected chi connectivity index (χ1v) is 7.21. The Labute approximate surface area is 142 Å². The monoisotopic (exact) mass is 378 g/mol. The maximum absolute atomic E-state index is 14.2. The molecule has 126 valence electrons. The van der Waals surface area contributed by atoms with Crippen molar-refractivity contribution in [3.05, 3.63) is 33.6 Å². The highest BCUT2D eigenvalue weighted by Gasteiger charge is 2.46. The van der Waals surface area contributed by atoms with Crippen LogP contribution < -0.4 is 5.32 Å². The van der Waals surface area contributed by atoms with E-state index in [-0.39, 0.29) is 28.0 Å². The molecule has 0 radical (unpaired) electrons. The first-order valence-electron chi connectivity index (χ1n) is 6.45. The Morgan fingerprint density at radius 3 is 2.41 bits per heavy atom. The summed E-state index contributed by atoms with van der Waals surface area (Å²) in [4.78, 5) is 1.41. The average Bonchev–Trinajstić information content (AvgIpc) is 2.48. The van der Waals surface area contributed by atoms with Crippen molar-refractivity contribution in [2.45, 2.75) is 12.0 Å². The number of piperazine rings is 1. The Balaban J connectivity index is 0.00000242. The second kappa shape index (κ2) is 8.04. The molecule has 1 aromatic carbocycles. The van der Waals surface area contributed by atoms with Crippen molar-refractivity contribution in [1.29, 1.82) is 0 Å². The van der Waals surface area contributed by atoms with Gasteiger partial charge in [-0.2, -0.15) is 0 Å². The first-order chi connectivity index (χ1) is 9.88. The van der Waals surface area contributed by atoms with E-state index in [0.29, 0.717) is 26.2 Å². The van der Waals surface area contributed by atoms with E-state index >= 15 is 0 Å². The normalized spacial score (nSPS) is 17.9. The highest BCUT2D eigenvalue weighted by molar-refractivity contribution is 6.42. The van der Waals surface area contributed by atoms with E-state index in [1.54, 1.807) is 0 Å². The smallest absolute Gasteiger partial charge is 0.290 e. The van der Waals surface area contributed by atoms with Crippen LogP contribution in [0, 0.1) is 5.82 Å². The zero-order valence-electron chi connectivity index (χ0n) is 11.5. The highest BCUT2D eigenvalue weighted by Crippen LogP contribution is 2.42. The molecule has 0 unspecified atom stereocenters. The zero-order valence-corrected chi connectivity index (χ0v) is 13.8. The Kier molecular flexibility index (Phi) is 7.23. The molecule has 0 amide bonds. The van der Waals surface area contributed by atoms with Gasteiger partial charge >= 0.3 is 0 Å². The molecule has 1 heterocycles. The van der Waals surface area contributed by atoms with Crippen LogP contribution in [-0.2, 0) is 0 Å². The number of rotatable bonds is 4. The third-order valence-corrected chi connectivity index (χ3v) is 4.30. The van der Waals surface area contributed by atoms with Crippen LogP contribution in [0.5, 0.6) is 0 Å². The van der Waals surface area contributed by atoms with Crippen LogP contribution in [0.2, 0.25) is 10.0 Å². The average molecular weight is 380 g/mol. The van der Waals surface area contributed by atoms with E-state index in [9.17, 15) is 13.2 Å². The molecule has 1 fully saturated rings. The molecule has 0 aromatic heterocycles. The standard InChI is InChI=1S/C13H15Cl2F3N2O.ClH/c14-8-1-2-9(16)10(11(8)15)12(13(17,18)7-21)20-5-3-19-4-6-20;/h1-2,12,19,21H,3-7H2;1H/t12-;/m0./s1. The van der Waals surface area contributed by atoms with Crippen LogP contribution in [-0.4, -0.2) is 48.7 Å². The molecule has 3 nitrogen and oxygen atoms in total. The number of hydrogen-bond donors (Lipinski definition) is 2. The van der Waals surface area contributed by atoms with Crippen molar-refractivity contribution in [2.75, 3.05) is 32.8 Å². The van der Waals surface area contributed by atoms with Gasteiger partial charge in [0.1, 0.15) is 18.5 Å². The third kappa shape index (κ3) is 3.99. The van der Waals surface area contributed by atoms with Gasteiger partial charge in [0.25, 0.3) is 5.92 Å². The maximum Gasteiger partial charge on any atom is 0.290 e. The summed E-state index contributed by atoms with van der Waals surface area (Å²) in [5.41, 5.74) is -0.370. The molecule has 9 heteroatoms. The van der Waals surface area contributed by atoms with E-state index in [2.05, 4.69) is 5.32 Å². The lowest BCUT2D eigenvalue weighted by Gasteiger charge is -2.39. The van der Waals surface area contributed by atoms with Gasteiger partial charge in [-0.15, -0.1) is 12.4 Å². The number of hydrogen-bond acceptors (Lipinski definition) is 3. The van der Waals surface area contributed by atoms with Gasteiger partial charge in [0.2, 0.25) is 0 Å². The van der Waals surface area contributed by atoms with Crippen LogP contribution in [0.1, 0.15) is 11.6 Å². The minimum absolute atomic E-state index is 0. The molecule has 1 aromatic rings. The van der Waals surface area contributed by atoms with Gasteiger partial charge in [0.05, 0.1) is 10.0 Å². The number of nitrogens with one attached hydrogen (secondary N) is 1. The van der Waals surface area contributed by atoms with E-state index in [1.807, 2.05) is 0 Å². The molecule has 0 bridgehead atoms. The Bertz CT molecular complexity index is 514. The predicted octanol–water partition coefficient (Wildman–Crippen LogP) is 3.13. The van der Waals surface area contributed by atoms with Gasteiger partial charge in [-0.3, -0.25) is 4.90 Å². The number of halogens is 6. The van der Waals surface area contributed by atoms with Crippen molar-refractivity contribution in [1.82, 2.24) is 10.2 Å². The van der Waals surface area contributed by atoms with E-state index < -0.39 is 24.4 Å². The Morgan fingerprint density at radius 1 is 1.27 bits per heavy atom. The largest absolute Gasteiger partial charge is 0.390 e. The number of alkyl halides is 2. The molecule has 2 N–H and O–H groups in total. The SMILES string of the molecule is Cl.OCC(F)(F)[C@H](c1c(F)ccc(Cl)c1Cl)N1CCNCC1. The molecule has 0 saturated carbocycles. The van der Waals surface area contributed by atoms with Crippen molar-refractivity contribution in [3.8, 4) is 0 Å². The zero-order chi connectivity index (χ0) is 15.6. The van der Waals surface area contributed by atoms with Crippen LogP contribution in [0.3, 0.4) is 0 Å². The minimum Gasteiger partial charge on any atom is -0.390 e. The summed E-state index contributed by atoms with van der Waals surface area (Å²) in [6, 6.07) is 0.566. The number of benzene rings is 1. The maximum atomic E-state index is 14.2. The fourth-order valence-electron chi connectivity index (χ4n) is 2.48. The Hall–Kier alpha value is -0.240. The minimum atomic E-state index is -3.54. The highest BCUT2D eigenvalue weighted by atomic mass is 35.5. The molecular formula is C13H16Cl3F3N2O. The second-order valence-electron chi connectivity index (χ2n) is 4.86. The van der Waals surface area contributed by atoms with Crippen LogP contribution in [0.25, 0.3) is 0 Å². The second-order valence-corrected chi connectivity index (χ2v) is 5.65. The lowest BCUT2D eigenvalue weighted by Crippen LogP contribution is -2.51. The number of aliphatic hydroxyl groups is 1. The molecule has 0 aliphatic carbocycles. The van der Waals surface area contributed by atoms with Gasteiger partial charge in [-0.25, -0.2) is 13.2 Å². The van der Waals surface area contributed by atoms with Crippen molar-refractivity contribution in [2.24, 2.45) is 0 Å². The van der Waals surface area contributed by atoms with Crippen molar-refractivity contribution in [3.63, 3.8) is 0 Å². The van der Waals surface area contributed by atoms with Gasteiger partial charge < -0.3 is 10.4 Å². The topological polar surface area (TPSA) is 35.5 Å². The lowest BCUT2D eigenvalue weighted by atomic mass is 9.97. The number of nitrogens with zero attached hydrogens (tertiary/aromatic N) is 1. The molecule has 22 heavy (non-hydrogen) atoms. The molecule has 1 saturated heterocycles. The summed E-state index contributed by atoms with van der Waals surface area (Å²) in [5.74, 6) is -4.40. The summed E-state index contributed by atoms with van der Waals surface area (Å²) in [5, 5.41) is 11.8. The molecule has 0 spiro atoms. The van der Waals surface area contributed by atoms with Crippen LogP contribution >= 0.6 is 35.6 Å². The van der Waals surface area contributed by atoms with Crippen molar-refractivity contribution >= 4 is 35.6 Å². The molecule has 2 rings (SSSR count). The summed E-state index contributed by atoms with van der Waals surface area (Å²) in [6.45, 7) is 0.185. The van der Waals surface area contributed by atoms with Gasteiger partial charge in [-0.05, 0) is 12.1 Å².